The summed E-state index contributed by atoms with van der Waals surface area (Å²) in [5.41, 5.74) is 1.78. The van der Waals surface area contributed by atoms with E-state index in [1.165, 1.54) is 0 Å². The SMILES string of the molecule is CCC1C(=NOC2CCNC2)CCC2(C)C3CCC4(C)C(=O)C(F)CC4C3CC(=NOC)C12. The highest BCUT2D eigenvalue weighted by molar-refractivity contribution is 5.97. The molecule has 1 heterocycles. The molecule has 1 aliphatic heterocycles. The van der Waals surface area contributed by atoms with Gasteiger partial charge >= 0.3 is 0 Å². The van der Waals surface area contributed by atoms with Crippen molar-refractivity contribution in [3.8, 4) is 0 Å². The Balaban J connectivity index is 1.47. The van der Waals surface area contributed by atoms with Gasteiger partial charge in [0.1, 0.15) is 13.2 Å². The first-order valence-electron chi connectivity index (χ1n) is 13.0. The van der Waals surface area contributed by atoms with Crippen molar-refractivity contribution in [1.82, 2.24) is 5.32 Å². The summed E-state index contributed by atoms with van der Waals surface area (Å²) < 4.78 is 14.6. The number of hydrogen-bond donors (Lipinski definition) is 1. The molecule has 9 atom stereocenters. The molecule has 0 bridgehead atoms. The van der Waals surface area contributed by atoms with E-state index in [-0.39, 0.29) is 35.1 Å². The lowest BCUT2D eigenvalue weighted by molar-refractivity contribution is -0.136. The summed E-state index contributed by atoms with van der Waals surface area (Å²) in [5, 5.41) is 12.6. The van der Waals surface area contributed by atoms with Crippen LogP contribution in [0.25, 0.3) is 0 Å². The molecule has 0 radical (unpaired) electrons. The number of alkyl halides is 1. The van der Waals surface area contributed by atoms with Crippen molar-refractivity contribution in [3.63, 3.8) is 0 Å². The molecule has 6 nitrogen and oxygen atoms in total. The van der Waals surface area contributed by atoms with Gasteiger partial charge in [0.05, 0.1) is 11.4 Å². The minimum Gasteiger partial charge on any atom is -0.399 e. The Morgan fingerprint density at radius 1 is 1.15 bits per heavy atom. The minimum absolute atomic E-state index is 0.0493. The molecule has 5 rings (SSSR count). The molecule has 0 aromatic rings. The number of rotatable bonds is 4. The summed E-state index contributed by atoms with van der Waals surface area (Å²) in [7, 11) is 1.62. The normalized spacial score (nSPS) is 49.6. The van der Waals surface area contributed by atoms with Crippen LogP contribution in [0.2, 0.25) is 0 Å². The van der Waals surface area contributed by atoms with E-state index in [2.05, 4.69) is 24.3 Å². The van der Waals surface area contributed by atoms with Crippen LogP contribution >= 0.6 is 0 Å². The van der Waals surface area contributed by atoms with Gasteiger partial charge in [-0.2, -0.15) is 0 Å². The van der Waals surface area contributed by atoms with Gasteiger partial charge in [0.2, 0.25) is 0 Å². The number of carbonyl (C=O) groups excluding carboxylic acids is 1. The molecule has 5 fully saturated rings. The number of ketones is 1. The molecule has 1 N–H and O–H groups in total. The molecule has 5 aliphatic rings. The van der Waals surface area contributed by atoms with E-state index in [4.69, 9.17) is 14.8 Å². The predicted molar refractivity (Wildman–Crippen MR) is 126 cm³/mol. The lowest BCUT2D eigenvalue weighted by Crippen LogP contribution is -2.59. The standard InChI is InChI=1S/C26H40FN3O3/c1-5-16-21(30-33-15-8-11-28-14-15)7-10-25(2)18-6-9-26(3)19(13-20(27)24(26)31)17(18)12-22(23(16)25)29-32-4/h15-20,23,28H,5-14H2,1-4H3. The molecule has 9 unspecified atom stereocenters. The monoisotopic (exact) mass is 461 g/mol. The van der Waals surface area contributed by atoms with E-state index in [1.807, 2.05) is 6.92 Å². The van der Waals surface area contributed by atoms with Gasteiger partial charge < -0.3 is 15.0 Å². The van der Waals surface area contributed by atoms with Crippen molar-refractivity contribution in [2.24, 2.45) is 50.7 Å². The van der Waals surface area contributed by atoms with Crippen LogP contribution in [-0.4, -0.2) is 49.7 Å². The smallest absolute Gasteiger partial charge is 0.173 e. The number of nitrogens with one attached hydrogen (secondary N) is 1. The summed E-state index contributed by atoms with van der Waals surface area (Å²) >= 11 is 0. The Morgan fingerprint density at radius 3 is 2.67 bits per heavy atom. The first-order valence-corrected chi connectivity index (χ1v) is 13.0. The maximum absolute atomic E-state index is 14.6. The molecule has 0 aromatic heterocycles. The molecule has 0 spiro atoms. The summed E-state index contributed by atoms with van der Waals surface area (Å²) in [6, 6.07) is 0. The molecule has 0 aromatic carbocycles. The van der Waals surface area contributed by atoms with E-state index in [1.54, 1.807) is 7.11 Å². The third-order valence-corrected chi connectivity index (χ3v) is 10.2. The Labute approximate surface area is 197 Å². The highest BCUT2D eigenvalue weighted by atomic mass is 19.1. The van der Waals surface area contributed by atoms with Crippen molar-refractivity contribution in [3.05, 3.63) is 0 Å². The van der Waals surface area contributed by atoms with Crippen LogP contribution in [0.1, 0.15) is 72.1 Å². The number of carbonyl (C=O) groups is 1. The number of hydrogen-bond acceptors (Lipinski definition) is 6. The van der Waals surface area contributed by atoms with Crippen LogP contribution in [0.5, 0.6) is 0 Å². The maximum Gasteiger partial charge on any atom is 0.173 e. The fourth-order valence-electron chi connectivity index (χ4n) is 8.58. The third kappa shape index (κ3) is 3.55. The van der Waals surface area contributed by atoms with E-state index >= 15 is 0 Å². The first-order chi connectivity index (χ1) is 15.8. The lowest BCUT2D eigenvalue weighted by atomic mass is 9.43. The first kappa shape index (κ1) is 23.3. The van der Waals surface area contributed by atoms with Gasteiger partial charge in [-0.3, -0.25) is 4.79 Å². The maximum atomic E-state index is 14.6. The Bertz CT molecular complexity index is 841. The molecule has 184 valence electrons. The summed E-state index contributed by atoms with van der Waals surface area (Å²) in [6.45, 7) is 8.54. The molecule has 33 heavy (non-hydrogen) atoms. The summed E-state index contributed by atoms with van der Waals surface area (Å²) in [4.78, 5) is 24.1. The van der Waals surface area contributed by atoms with Gasteiger partial charge in [0.25, 0.3) is 0 Å². The topological polar surface area (TPSA) is 72.3 Å². The molecular weight excluding hydrogens is 421 g/mol. The van der Waals surface area contributed by atoms with Crippen molar-refractivity contribution in [1.29, 1.82) is 0 Å². The van der Waals surface area contributed by atoms with Crippen LogP contribution < -0.4 is 5.32 Å². The molecule has 4 aliphatic carbocycles. The number of fused-ring (bicyclic) bond motifs is 5. The van der Waals surface area contributed by atoms with Gasteiger partial charge in [-0.25, -0.2) is 4.39 Å². The largest absolute Gasteiger partial charge is 0.399 e. The number of nitrogens with zero attached hydrogens (tertiary/aromatic N) is 2. The Hall–Kier alpha value is -1.50. The van der Waals surface area contributed by atoms with Crippen LogP contribution in [-0.2, 0) is 14.5 Å². The van der Waals surface area contributed by atoms with Crippen LogP contribution in [0.4, 0.5) is 4.39 Å². The zero-order chi connectivity index (χ0) is 23.4. The molecule has 1 saturated heterocycles. The van der Waals surface area contributed by atoms with Gasteiger partial charge in [0, 0.05) is 30.2 Å². The van der Waals surface area contributed by atoms with Gasteiger partial charge in [-0.15, -0.1) is 0 Å². The minimum atomic E-state index is -1.30. The number of halogens is 1. The molecule has 7 heteroatoms. The van der Waals surface area contributed by atoms with Crippen LogP contribution in [0.15, 0.2) is 10.3 Å². The molecule has 0 amide bonds. The lowest BCUT2D eigenvalue weighted by Gasteiger charge is -2.61. The fraction of sp³-hybridized carbons (Fsp3) is 0.885. The Morgan fingerprint density at radius 2 is 1.97 bits per heavy atom. The Kier molecular flexibility index (Phi) is 6.07. The van der Waals surface area contributed by atoms with Gasteiger partial charge in [-0.05, 0) is 74.7 Å². The average molecular weight is 462 g/mol. The van der Waals surface area contributed by atoms with Crippen molar-refractivity contribution >= 4 is 17.2 Å². The number of oxime groups is 2. The summed E-state index contributed by atoms with van der Waals surface area (Å²) in [5.74, 6) is 1.24. The van der Waals surface area contributed by atoms with E-state index in [9.17, 15) is 9.18 Å². The quantitative estimate of drug-likeness (QED) is 0.625. The second kappa shape index (κ2) is 8.62. The van der Waals surface area contributed by atoms with E-state index in [0.717, 1.165) is 69.5 Å². The number of Topliss-reactive ketones (excluding diaryl/α,β-unsaturated/α-hetero) is 1. The van der Waals surface area contributed by atoms with E-state index in [0.29, 0.717) is 18.3 Å². The van der Waals surface area contributed by atoms with Crippen molar-refractivity contribution < 1.29 is 18.9 Å². The second-order valence-electron chi connectivity index (χ2n) is 11.7. The van der Waals surface area contributed by atoms with Crippen molar-refractivity contribution in [2.45, 2.75) is 84.4 Å². The van der Waals surface area contributed by atoms with Gasteiger partial charge in [0.15, 0.2) is 12.0 Å². The van der Waals surface area contributed by atoms with Crippen LogP contribution in [0.3, 0.4) is 0 Å². The predicted octanol–water partition coefficient (Wildman–Crippen LogP) is 4.53. The van der Waals surface area contributed by atoms with E-state index < -0.39 is 11.6 Å². The highest BCUT2D eigenvalue weighted by Gasteiger charge is 2.65. The zero-order valence-electron chi connectivity index (χ0n) is 20.6. The molecule has 4 saturated carbocycles. The van der Waals surface area contributed by atoms with Crippen molar-refractivity contribution in [2.75, 3.05) is 20.2 Å². The third-order valence-electron chi connectivity index (χ3n) is 10.2. The van der Waals surface area contributed by atoms with Gasteiger partial charge in [-0.1, -0.05) is 31.1 Å². The zero-order valence-corrected chi connectivity index (χ0v) is 20.6. The fourth-order valence-corrected chi connectivity index (χ4v) is 8.58. The highest BCUT2D eigenvalue weighted by Crippen LogP contribution is 2.65. The summed E-state index contributed by atoms with van der Waals surface area (Å²) in [6.07, 6.45) is 5.80. The average Bonchev–Trinajstić information content (AvgIpc) is 3.40. The molecular formula is C26H40FN3O3. The second-order valence-corrected chi connectivity index (χ2v) is 11.7. The van der Waals surface area contributed by atoms with Crippen LogP contribution in [0, 0.1) is 40.4 Å².